The van der Waals surface area contributed by atoms with Gasteiger partial charge in [0.2, 0.25) is 0 Å². The molecule has 1 aromatic carbocycles. The number of nitrogens with zero attached hydrogens (tertiary/aromatic N) is 3. The van der Waals surface area contributed by atoms with Gasteiger partial charge in [0.15, 0.2) is 0 Å². The van der Waals surface area contributed by atoms with E-state index in [2.05, 4.69) is 16.7 Å². The van der Waals surface area contributed by atoms with Crippen molar-refractivity contribution in [1.29, 1.82) is 5.26 Å². The summed E-state index contributed by atoms with van der Waals surface area (Å²) in [5, 5.41) is 16.2. The van der Waals surface area contributed by atoms with Gasteiger partial charge in [-0.05, 0) is 44.3 Å². The second-order valence-corrected chi connectivity index (χ2v) is 7.74. The Kier molecular flexibility index (Phi) is 5.30. The topological polar surface area (TPSA) is 127 Å². The number of nitrogen functional groups attached to an aromatic ring is 1. The Hall–Kier alpha value is -2.83. The molecule has 2 aromatic rings. The number of nitrogens with two attached hydrogens (primary N) is 1. The monoisotopic (exact) mass is 398 g/mol. The maximum absolute atomic E-state index is 12.8. The van der Waals surface area contributed by atoms with Crippen molar-refractivity contribution in [2.75, 3.05) is 32.6 Å². The predicted octanol–water partition coefficient (Wildman–Crippen LogP) is 0.374. The molecule has 0 radical (unpaired) electrons. The van der Waals surface area contributed by atoms with Crippen LogP contribution >= 0.6 is 0 Å². The molecule has 2 aliphatic rings. The Morgan fingerprint density at radius 3 is 2.79 bits per heavy atom. The molecule has 154 valence electrons. The van der Waals surface area contributed by atoms with Gasteiger partial charge in [-0.2, -0.15) is 9.94 Å². The molecular formula is C20H26N6O3. The van der Waals surface area contributed by atoms with Gasteiger partial charge in [0.05, 0.1) is 18.6 Å². The standard InChI is InChI=1S/C20H26N6O3/c1-29-18-14(16(24-9-2-8-21)12-7-10-23-11-12)5-6-15-17(18)25(13-3-4-13)20(28)26(22)19(15)27/h5-6,12-13,16,23-24H,2-4,7,9-11,22H2,1H3. The van der Waals surface area contributed by atoms with E-state index in [1.807, 2.05) is 6.07 Å². The first-order chi connectivity index (χ1) is 14.1. The number of aromatic nitrogens is 2. The molecular weight excluding hydrogens is 372 g/mol. The minimum absolute atomic E-state index is 0.0303. The maximum Gasteiger partial charge on any atom is 0.350 e. The van der Waals surface area contributed by atoms with E-state index in [4.69, 9.17) is 15.8 Å². The number of rotatable bonds is 7. The fraction of sp³-hybridized carbons (Fsp3) is 0.550. The molecule has 0 amide bonds. The summed E-state index contributed by atoms with van der Waals surface area (Å²) in [4.78, 5) is 25.5. The SMILES string of the molecule is COc1c(C(NCCC#N)C2CCNC2)ccc2c(=O)n(N)c(=O)n(C3CC3)c12. The quantitative estimate of drug-likeness (QED) is 0.454. The van der Waals surface area contributed by atoms with Gasteiger partial charge in [-0.1, -0.05) is 6.07 Å². The molecule has 9 heteroatoms. The molecule has 0 spiro atoms. The smallest absolute Gasteiger partial charge is 0.350 e. The van der Waals surface area contributed by atoms with Crippen LogP contribution in [0.4, 0.5) is 0 Å². The number of ether oxygens (including phenoxy) is 1. The molecule has 0 bridgehead atoms. The number of methoxy groups -OCH3 is 1. The number of nitrogens with one attached hydrogen (secondary N) is 2. The predicted molar refractivity (Wildman–Crippen MR) is 109 cm³/mol. The van der Waals surface area contributed by atoms with E-state index in [1.165, 1.54) is 0 Å². The van der Waals surface area contributed by atoms with Gasteiger partial charge in [-0.25, -0.2) is 4.79 Å². The molecule has 1 aromatic heterocycles. The highest BCUT2D eigenvalue weighted by molar-refractivity contribution is 5.86. The number of hydrogen-bond acceptors (Lipinski definition) is 7. The van der Waals surface area contributed by atoms with Crippen LogP contribution in [-0.4, -0.2) is 36.0 Å². The second kappa shape index (κ2) is 7.89. The lowest BCUT2D eigenvalue weighted by molar-refractivity contribution is 0.359. The van der Waals surface area contributed by atoms with Crippen molar-refractivity contribution in [3.8, 4) is 11.8 Å². The molecule has 4 rings (SSSR count). The Morgan fingerprint density at radius 2 is 2.17 bits per heavy atom. The average molecular weight is 398 g/mol. The Balaban J connectivity index is 1.93. The minimum atomic E-state index is -0.525. The molecule has 2 unspecified atom stereocenters. The molecule has 1 saturated carbocycles. The van der Waals surface area contributed by atoms with Gasteiger partial charge in [0.1, 0.15) is 11.3 Å². The van der Waals surface area contributed by atoms with E-state index in [-0.39, 0.29) is 12.1 Å². The molecule has 9 nitrogen and oxygen atoms in total. The molecule has 1 aliphatic heterocycles. The summed E-state index contributed by atoms with van der Waals surface area (Å²) in [5.74, 6) is 6.61. The van der Waals surface area contributed by atoms with Crippen molar-refractivity contribution < 1.29 is 4.74 Å². The second-order valence-electron chi connectivity index (χ2n) is 7.74. The van der Waals surface area contributed by atoms with Crippen LogP contribution in [-0.2, 0) is 0 Å². The van der Waals surface area contributed by atoms with Crippen LogP contribution in [0.3, 0.4) is 0 Å². The first-order valence-electron chi connectivity index (χ1n) is 10.0. The Labute approximate surface area is 168 Å². The van der Waals surface area contributed by atoms with Crippen molar-refractivity contribution in [3.63, 3.8) is 0 Å². The van der Waals surface area contributed by atoms with E-state index in [1.54, 1.807) is 17.7 Å². The number of nitriles is 1. The largest absolute Gasteiger partial charge is 0.494 e. The normalized spacial score (nSPS) is 19.9. The van der Waals surface area contributed by atoms with E-state index >= 15 is 0 Å². The molecule has 1 aliphatic carbocycles. The summed E-state index contributed by atoms with van der Waals surface area (Å²) in [6.07, 6.45) is 3.14. The van der Waals surface area contributed by atoms with Crippen LogP contribution < -0.4 is 32.5 Å². The molecule has 29 heavy (non-hydrogen) atoms. The van der Waals surface area contributed by atoms with Gasteiger partial charge < -0.3 is 21.2 Å². The summed E-state index contributed by atoms with van der Waals surface area (Å²) in [6.45, 7) is 2.34. The lowest BCUT2D eigenvalue weighted by Gasteiger charge is -2.27. The van der Waals surface area contributed by atoms with E-state index in [9.17, 15) is 9.59 Å². The third-order valence-electron chi connectivity index (χ3n) is 5.89. The zero-order valence-corrected chi connectivity index (χ0v) is 16.5. The first-order valence-corrected chi connectivity index (χ1v) is 10.0. The van der Waals surface area contributed by atoms with Crippen molar-refractivity contribution in [2.45, 2.75) is 37.8 Å². The minimum Gasteiger partial charge on any atom is -0.494 e. The summed E-state index contributed by atoms with van der Waals surface area (Å²) in [7, 11) is 1.56. The number of fused-ring (bicyclic) bond motifs is 1. The first kappa shape index (κ1) is 19.5. The lowest BCUT2D eigenvalue weighted by Crippen LogP contribution is -2.44. The molecule has 2 heterocycles. The average Bonchev–Trinajstić information content (AvgIpc) is 3.42. The number of benzene rings is 1. The summed E-state index contributed by atoms with van der Waals surface area (Å²) in [6, 6.07) is 5.76. The molecule has 2 atom stereocenters. The van der Waals surface area contributed by atoms with E-state index in [0.717, 1.165) is 37.9 Å². The summed E-state index contributed by atoms with van der Waals surface area (Å²) in [5.41, 5.74) is 0.372. The van der Waals surface area contributed by atoms with Crippen LogP contribution in [0.25, 0.3) is 10.9 Å². The van der Waals surface area contributed by atoms with Crippen LogP contribution in [0, 0.1) is 17.2 Å². The van der Waals surface area contributed by atoms with Gasteiger partial charge in [-0.15, -0.1) is 0 Å². The molecule has 2 fully saturated rings. The maximum atomic E-state index is 12.8. The van der Waals surface area contributed by atoms with Gasteiger partial charge in [0, 0.05) is 30.6 Å². The van der Waals surface area contributed by atoms with Crippen molar-refractivity contribution in [3.05, 3.63) is 38.5 Å². The van der Waals surface area contributed by atoms with Gasteiger partial charge in [-0.3, -0.25) is 9.36 Å². The summed E-state index contributed by atoms with van der Waals surface area (Å²) >= 11 is 0. The highest BCUT2D eigenvalue weighted by atomic mass is 16.5. The lowest BCUT2D eigenvalue weighted by atomic mass is 9.90. The van der Waals surface area contributed by atoms with Crippen molar-refractivity contribution in [2.24, 2.45) is 5.92 Å². The molecule has 4 N–H and O–H groups in total. The fourth-order valence-electron chi connectivity index (χ4n) is 4.33. The fourth-order valence-corrected chi connectivity index (χ4v) is 4.33. The van der Waals surface area contributed by atoms with Crippen molar-refractivity contribution in [1.82, 2.24) is 19.9 Å². The highest BCUT2D eigenvalue weighted by Crippen LogP contribution is 2.41. The Bertz CT molecular complexity index is 1070. The third-order valence-corrected chi connectivity index (χ3v) is 5.89. The van der Waals surface area contributed by atoms with Crippen LogP contribution in [0.5, 0.6) is 5.75 Å². The summed E-state index contributed by atoms with van der Waals surface area (Å²) < 4.78 is 8.09. The number of hydrogen-bond donors (Lipinski definition) is 3. The van der Waals surface area contributed by atoms with Gasteiger partial charge in [0.25, 0.3) is 5.56 Å². The van der Waals surface area contributed by atoms with Crippen molar-refractivity contribution >= 4 is 10.9 Å². The van der Waals surface area contributed by atoms with E-state index in [0.29, 0.717) is 40.2 Å². The van der Waals surface area contributed by atoms with Crippen LogP contribution in [0.2, 0.25) is 0 Å². The van der Waals surface area contributed by atoms with Crippen LogP contribution in [0.1, 0.15) is 43.3 Å². The molecule has 1 saturated heterocycles. The zero-order valence-electron chi connectivity index (χ0n) is 16.5. The third kappa shape index (κ3) is 3.39. The zero-order chi connectivity index (χ0) is 20.5. The van der Waals surface area contributed by atoms with E-state index < -0.39 is 11.2 Å². The highest BCUT2D eigenvalue weighted by Gasteiger charge is 2.33. The van der Waals surface area contributed by atoms with Gasteiger partial charge >= 0.3 is 5.69 Å². The van der Waals surface area contributed by atoms with Crippen LogP contribution in [0.15, 0.2) is 21.7 Å². The Morgan fingerprint density at radius 1 is 1.38 bits per heavy atom.